The Morgan fingerprint density at radius 3 is 2.38 bits per heavy atom. The maximum Gasteiger partial charge on any atom is 0.416 e. The van der Waals surface area contributed by atoms with Gasteiger partial charge in [-0.2, -0.15) is 13.2 Å². The Labute approximate surface area is 181 Å². The molecule has 10 heteroatoms. The molecule has 0 aromatic heterocycles. The van der Waals surface area contributed by atoms with E-state index >= 15 is 0 Å². The zero-order valence-corrected chi connectivity index (χ0v) is 16.7. The summed E-state index contributed by atoms with van der Waals surface area (Å²) >= 11 is 0. The number of carbonyl (C=O) groups excluding carboxylic acids is 3. The van der Waals surface area contributed by atoms with E-state index < -0.39 is 35.8 Å². The normalized spacial score (nSPS) is 23.0. The number of phenols is 1. The van der Waals surface area contributed by atoms with Crippen LogP contribution in [-0.4, -0.2) is 52.4 Å². The van der Waals surface area contributed by atoms with E-state index in [1.54, 1.807) is 12.1 Å². The molecule has 32 heavy (non-hydrogen) atoms. The molecule has 7 nitrogen and oxygen atoms in total. The second-order valence-corrected chi connectivity index (χ2v) is 7.92. The highest BCUT2D eigenvalue weighted by molar-refractivity contribution is 5.98. The molecular formula is C22H20F3N3O4. The molecule has 0 saturated carbocycles. The van der Waals surface area contributed by atoms with Gasteiger partial charge < -0.3 is 20.6 Å². The Morgan fingerprint density at radius 2 is 1.75 bits per heavy atom. The second kappa shape index (κ2) is 8.18. The first-order chi connectivity index (χ1) is 15.1. The summed E-state index contributed by atoms with van der Waals surface area (Å²) in [4.78, 5) is 39.3. The van der Waals surface area contributed by atoms with E-state index in [4.69, 9.17) is 0 Å². The summed E-state index contributed by atoms with van der Waals surface area (Å²) in [5.41, 5.74) is -0.0240. The number of fused-ring (bicyclic) bond motifs is 1. The average Bonchev–Trinajstić information content (AvgIpc) is 3.17. The minimum absolute atomic E-state index is 0.0591. The highest BCUT2D eigenvalue weighted by Crippen LogP contribution is 2.29. The first kappa shape index (κ1) is 21.7. The van der Waals surface area contributed by atoms with Gasteiger partial charge >= 0.3 is 6.18 Å². The summed E-state index contributed by atoms with van der Waals surface area (Å²) in [6.07, 6.45) is -4.01. The van der Waals surface area contributed by atoms with Crippen LogP contribution in [0.15, 0.2) is 48.5 Å². The predicted octanol–water partition coefficient (Wildman–Crippen LogP) is 1.85. The number of aromatic hydroxyl groups is 1. The molecule has 2 fully saturated rings. The Kier molecular flexibility index (Phi) is 5.53. The number of nitrogens with one attached hydrogen (secondary N) is 2. The smallest absolute Gasteiger partial charge is 0.416 e. The van der Waals surface area contributed by atoms with Crippen LogP contribution in [0.3, 0.4) is 0 Å². The van der Waals surface area contributed by atoms with Gasteiger partial charge in [-0.05, 0) is 48.4 Å². The molecule has 2 aliphatic rings. The van der Waals surface area contributed by atoms with Crippen LogP contribution in [0.25, 0.3) is 0 Å². The van der Waals surface area contributed by atoms with Gasteiger partial charge in [0.25, 0.3) is 5.91 Å². The van der Waals surface area contributed by atoms with Crippen molar-refractivity contribution in [2.45, 2.75) is 37.1 Å². The molecule has 2 saturated heterocycles. The van der Waals surface area contributed by atoms with E-state index in [1.165, 1.54) is 17.0 Å². The van der Waals surface area contributed by atoms with Gasteiger partial charge in [0.2, 0.25) is 11.8 Å². The molecule has 0 spiro atoms. The number of alkyl halides is 3. The monoisotopic (exact) mass is 447 g/mol. The Hall–Kier alpha value is -3.56. The van der Waals surface area contributed by atoms with Crippen LogP contribution in [0.5, 0.6) is 5.75 Å². The number of piperazine rings is 1. The first-order valence-corrected chi connectivity index (χ1v) is 9.98. The number of nitrogens with zero attached hydrogens (tertiary/aromatic N) is 1. The van der Waals surface area contributed by atoms with E-state index in [-0.39, 0.29) is 42.5 Å². The third kappa shape index (κ3) is 4.39. The van der Waals surface area contributed by atoms with Crippen LogP contribution in [0.1, 0.15) is 27.9 Å². The van der Waals surface area contributed by atoms with E-state index in [9.17, 15) is 32.7 Å². The molecule has 168 valence electrons. The Balaban J connectivity index is 1.40. The second-order valence-electron chi connectivity index (χ2n) is 7.92. The largest absolute Gasteiger partial charge is 0.508 e. The van der Waals surface area contributed by atoms with Gasteiger partial charge in [0, 0.05) is 24.6 Å². The number of benzene rings is 2. The summed E-state index contributed by atoms with van der Waals surface area (Å²) in [6.45, 7) is 0.134. The summed E-state index contributed by atoms with van der Waals surface area (Å²) in [5, 5.41) is 14.8. The number of carbonyl (C=O) groups is 3. The number of halogens is 3. The summed E-state index contributed by atoms with van der Waals surface area (Å²) in [5.74, 6) is -1.07. The number of hydrogen-bond acceptors (Lipinski definition) is 4. The fourth-order valence-electron chi connectivity index (χ4n) is 4.05. The Morgan fingerprint density at radius 1 is 1.09 bits per heavy atom. The summed E-state index contributed by atoms with van der Waals surface area (Å²) < 4.78 is 38.1. The van der Waals surface area contributed by atoms with Crippen molar-refractivity contribution >= 4 is 17.7 Å². The van der Waals surface area contributed by atoms with Crippen molar-refractivity contribution in [2.75, 3.05) is 6.54 Å². The molecule has 0 unspecified atom stereocenters. The lowest BCUT2D eigenvalue weighted by Gasteiger charge is -2.34. The van der Waals surface area contributed by atoms with Crippen molar-refractivity contribution in [3.05, 3.63) is 65.2 Å². The minimum atomic E-state index is -4.49. The van der Waals surface area contributed by atoms with Gasteiger partial charge in [-0.15, -0.1) is 0 Å². The first-order valence-electron chi connectivity index (χ1n) is 9.98. The molecule has 2 heterocycles. The number of hydrogen-bond donors (Lipinski definition) is 3. The van der Waals surface area contributed by atoms with Crippen LogP contribution in [0, 0.1) is 0 Å². The van der Waals surface area contributed by atoms with Gasteiger partial charge in [0.05, 0.1) is 5.56 Å². The van der Waals surface area contributed by atoms with Gasteiger partial charge in [0.15, 0.2) is 0 Å². The molecule has 2 aromatic rings. The summed E-state index contributed by atoms with van der Waals surface area (Å²) in [7, 11) is 0. The van der Waals surface area contributed by atoms with Crippen LogP contribution in [0.4, 0.5) is 13.2 Å². The molecule has 0 aliphatic carbocycles. The molecule has 3 N–H and O–H groups in total. The maximum atomic E-state index is 12.9. The van der Waals surface area contributed by atoms with E-state index in [0.717, 1.165) is 29.8 Å². The molecule has 0 radical (unpaired) electrons. The zero-order chi connectivity index (χ0) is 23.0. The van der Waals surface area contributed by atoms with Crippen molar-refractivity contribution in [3.63, 3.8) is 0 Å². The van der Waals surface area contributed by atoms with Crippen molar-refractivity contribution in [1.82, 2.24) is 15.5 Å². The van der Waals surface area contributed by atoms with Gasteiger partial charge in [-0.1, -0.05) is 12.1 Å². The van der Waals surface area contributed by atoms with Crippen molar-refractivity contribution < 1.29 is 32.7 Å². The quantitative estimate of drug-likeness (QED) is 0.666. The third-order valence-corrected chi connectivity index (χ3v) is 5.69. The highest BCUT2D eigenvalue weighted by Gasteiger charge is 2.46. The lowest BCUT2D eigenvalue weighted by atomic mass is 10.0. The van der Waals surface area contributed by atoms with Crippen LogP contribution in [0.2, 0.25) is 0 Å². The van der Waals surface area contributed by atoms with Crippen molar-refractivity contribution in [1.29, 1.82) is 0 Å². The third-order valence-electron chi connectivity index (χ3n) is 5.69. The lowest BCUT2D eigenvalue weighted by Crippen LogP contribution is -2.61. The topological polar surface area (TPSA) is 98.7 Å². The molecular weight excluding hydrogens is 427 g/mol. The van der Waals surface area contributed by atoms with Crippen molar-refractivity contribution in [3.8, 4) is 5.75 Å². The van der Waals surface area contributed by atoms with Crippen LogP contribution in [-0.2, 0) is 22.2 Å². The molecule has 4 rings (SSSR count). The minimum Gasteiger partial charge on any atom is -0.508 e. The van der Waals surface area contributed by atoms with E-state index in [2.05, 4.69) is 10.6 Å². The van der Waals surface area contributed by atoms with Gasteiger partial charge in [-0.25, -0.2) is 0 Å². The fourth-order valence-corrected chi connectivity index (χ4v) is 4.05. The van der Waals surface area contributed by atoms with Crippen LogP contribution >= 0.6 is 0 Å². The van der Waals surface area contributed by atoms with Crippen molar-refractivity contribution in [2.24, 2.45) is 0 Å². The van der Waals surface area contributed by atoms with Gasteiger partial charge in [0.1, 0.15) is 17.8 Å². The number of phenolic OH excluding ortho intramolecular Hbond substituents is 1. The maximum absolute atomic E-state index is 12.9. The fraction of sp³-hybridized carbons (Fsp3) is 0.318. The molecule has 2 aromatic carbocycles. The molecule has 0 bridgehead atoms. The van der Waals surface area contributed by atoms with Crippen LogP contribution < -0.4 is 10.6 Å². The predicted molar refractivity (Wildman–Crippen MR) is 107 cm³/mol. The van der Waals surface area contributed by atoms with E-state index in [0.29, 0.717) is 0 Å². The average molecular weight is 447 g/mol. The number of amides is 3. The number of rotatable bonds is 4. The van der Waals surface area contributed by atoms with E-state index in [1.807, 2.05) is 0 Å². The molecule has 3 amide bonds. The highest BCUT2D eigenvalue weighted by atomic mass is 19.4. The standard InChI is InChI=1S/C22H20F3N3O4/c23-22(24,25)14-5-3-13(4-6-14)19(30)26-15-10-18-20(31)27-17(21(32)28(18)11-15)9-12-1-7-16(29)8-2-12/h1-8,15,17-18,29H,9-11H2,(H,26,30)(H,27,31)/t15-,17-,18-/m0/s1. The lowest BCUT2D eigenvalue weighted by molar-refractivity contribution is -0.147. The SMILES string of the molecule is O=C(N[C@H]1C[C@H]2C(=O)N[C@@H](Cc3ccc(O)cc3)C(=O)N2C1)c1ccc(C(F)(F)F)cc1. The van der Waals surface area contributed by atoms with Gasteiger partial charge in [-0.3, -0.25) is 14.4 Å². The Bertz CT molecular complexity index is 1040. The summed E-state index contributed by atoms with van der Waals surface area (Å²) in [6, 6.07) is 8.19. The molecule has 3 atom stereocenters. The molecule has 2 aliphatic heterocycles. The zero-order valence-electron chi connectivity index (χ0n) is 16.7.